The first-order valence-electron chi connectivity index (χ1n) is 5.64. The van der Waals surface area contributed by atoms with E-state index in [1.165, 1.54) is 5.92 Å². The Hall–Kier alpha value is 1.59. The minimum atomic E-state index is 0. The standard InChI is InChI=1S/C4H9.C3H6N3.C3H8N.C3H7O.4Ru/c1-4(2)3;1-3(2)5-6-4;2*1-3(2)4;;;;/h1-3H3;1-2H3;4H2,1-2H3;4H,1-2H3;;;;/q4*-1;4*+1. The van der Waals surface area contributed by atoms with E-state index < -0.39 is 0 Å². The summed E-state index contributed by atoms with van der Waals surface area (Å²) in [5.74, 6) is 1.42. The van der Waals surface area contributed by atoms with Crippen molar-refractivity contribution in [2.75, 3.05) is 0 Å². The topological polar surface area (TPSA) is 95.0 Å². The number of aliphatic hydroxyl groups excluding tert-OH is 1. The van der Waals surface area contributed by atoms with Crippen molar-refractivity contribution in [3.05, 3.63) is 34.5 Å². The van der Waals surface area contributed by atoms with Gasteiger partial charge in [-0.2, -0.15) is 62.3 Å². The van der Waals surface area contributed by atoms with Crippen molar-refractivity contribution in [3.8, 4) is 0 Å². The van der Waals surface area contributed by atoms with Crippen LogP contribution in [0.4, 0.5) is 0 Å². The molecule has 0 amide bonds. The van der Waals surface area contributed by atoms with Crippen molar-refractivity contribution in [1.82, 2.24) is 0 Å². The maximum atomic E-state index is 7.97. The van der Waals surface area contributed by atoms with Crippen molar-refractivity contribution in [3.63, 3.8) is 0 Å². The van der Waals surface area contributed by atoms with Crippen molar-refractivity contribution in [2.24, 2.45) is 10.8 Å². The zero-order chi connectivity index (χ0) is 15.7. The van der Waals surface area contributed by atoms with Crippen LogP contribution >= 0.6 is 0 Å². The molecule has 9 heteroatoms. The molecule has 0 aliphatic carbocycles. The third-order valence-electron chi connectivity index (χ3n) is 0.245. The Morgan fingerprint density at radius 1 is 0.818 bits per heavy atom. The minimum absolute atomic E-state index is 0. The van der Waals surface area contributed by atoms with Crippen LogP contribution in [0.1, 0.15) is 62.3 Å². The third kappa shape index (κ3) is 434. The predicted octanol–water partition coefficient (Wildman–Crippen LogP) is 4.93. The van der Waals surface area contributed by atoms with E-state index in [0.717, 1.165) is 12.1 Å². The summed E-state index contributed by atoms with van der Waals surface area (Å²) in [6.45, 7) is 16.7. The number of azide groups is 1. The molecule has 22 heavy (non-hydrogen) atoms. The second-order valence-electron chi connectivity index (χ2n) is 4.66. The quantitative estimate of drug-likeness (QED) is 0.137. The molecule has 0 aliphatic heterocycles. The summed E-state index contributed by atoms with van der Waals surface area (Å²) in [6.07, 6.45) is 0.417. The first-order chi connectivity index (χ1) is 7.97. The number of nitrogens with zero attached hydrogens (tertiary/aromatic N) is 3. The molecule has 0 rings (SSSR count). The molecule has 0 atom stereocenters. The van der Waals surface area contributed by atoms with E-state index in [1.54, 1.807) is 27.7 Å². The van der Waals surface area contributed by atoms with Gasteiger partial charge in [-0.05, 0) is 10.4 Å². The Balaban J connectivity index is -0.0000000190. The summed E-state index contributed by atoms with van der Waals surface area (Å²) in [7, 11) is 0. The molecule has 140 valence electrons. The molecule has 0 aliphatic rings. The van der Waals surface area contributed by atoms with Gasteiger partial charge in [0.05, 0.1) is 0 Å². The molecule has 0 saturated heterocycles. The monoisotopic (exact) mass is 666 g/mol. The largest absolute Gasteiger partial charge is 1.00 e. The number of nitrogens with two attached hydrogens (primary N) is 1. The van der Waals surface area contributed by atoms with Crippen LogP contribution in [-0.2, 0) is 77.9 Å². The molecule has 0 heterocycles. The maximum Gasteiger partial charge on any atom is 1.00 e. The summed E-state index contributed by atoms with van der Waals surface area (Å²) >= 11 is 0. The Morgan fingerprint density at radius 3 is 0.955 bits per heavy atom. The smallest absolute Gasteiger partial charge is 0.563 e. The van der Waals surface area contributed by atoms with Crippen LogP contribution in [-0.4, -0.2) is 5.11 Å². The fourth-order valence-electron chi connectivity index (χ4n) is 0.0894. The fraction of sp³-hybridized carbons (Fsp3) is 0.692. The molecule has 0 aromatic rings. The Labute approximate surface area is 189 Å². The van der Waals surface area contributed by atoms with E-state index in [1.807, 2.05) is 13.8 Å². The summed E-state index contributed by atoms with van der Waals surface area (Å²) < 4.78 is 0. The summed E-state index contributed by atoms with van der Waals surface area (Å²) in [6, 6.07) is 1.66. The van der Waals surface area contributed by atoms with Crippen LogP contribution in [0.25, 0.3) is 10.4 Å². The third-order valence-corrected chi connectivity index (χ3v) is 0.245. The average molecular weight is 663 g/mol. The number of rotatable bonds is 1. The minimum Gasteiger partial charge on any atom is -0.563 e. The molecule has 0 bridgehead atoms. The molecule has 5 nitrogen and oxygen atoms in total. The van der Waals surface area contributed by atoms with Crippen LogP contribution in [0, 0.1) is 24.1 Å². The van der Waals surface area contributed by atoms with Gasteiger partial charge in [0, 0.05) is 0 Å². The van der Waals surface area contributed by atoms with Gasteiger partial charge >= 0.3 is 77.9 Å². The van der Waals surface area contributed by atoms with Gasteiger partial charge in [0.2, 0.25) is 0 Å². The van der Waals surface area contributed by atoms with E-state index in [4.69, 9.17) is 16.4 Å². The molecule has 0 fully saturated rings. The summed E-state index contributed by atoms with van der Waals surface area (Å²) in [4.78, 5) is 2.52. The van der Waals surface area contributed by atoms with Gasteiger partial charge in [0.25, 0.3) is 0 Å². The molecule has 3 N–H and O–H groups in total. The van der Waals surface area contributed by atoms with Gasteiger partial charge in [-0.3, -0.25) is 11.2 Å². The summed E-state index contributed by atoms with van der Waals surface area (Å²) in [5, 5.41) is 11.2. The Morgan fingerprint density at radius 2 is 0.955 bits per heavy atom. The zero-order valence-corrected chi connectivity index (χ0v) is 21.7. The molecule has 0 aromatic heterocycles. The van der Waals surface area contributed by atoms with E-state index >= 15 is 0 Å². The molecule has 0 saturated carbocycles. The van der Waals surface area contributed by atoms with Crippen molar-refractivity contribution in [2.45, 2.75) is 62.3 Å². The van der Waals surface area contributed by atoms with Gasteiger partial charge in [0.1, 0.15) is 0 Å². The average Bonchev–Trinajstić information content (AvgIpc) is 1.98. The van der Waals surface area contributed by atoms with Gasteiger partial charge in [-0.15, -0.1) is 0 Å². The van der Waals surface area contributed by atoms with E-state index in [9.17, 15) is 0 Å². The van der Waals surface area contributed by atoms with Gasteiger partial charge in [-0.1, -0.05) is 0 Å². The normalized spacial score (nSPS) is 6.64. The predicted molar refractivity (Wildman–Crippen MR) is 79.3 cm³/mol. The van der Waals surface area contributed by atoms with Crippen molar-refractivity contribution >= 4 is 0 Å². The maximum absolute atomic E-state index is 7.97. The van der Waals surface area contributed by atoms with Crippen LogP contribution < -0.4 is 5.73 Å². The van der Waals surface area contributed by atoms with Crippen LogP contribution in [0.5, 0.6) is 0 Å². The van der Waals surface area contributed by atoms with Crippen LogP contribution in [0.3, 0.4) is 0 Å². The van der Waals surface area contributed by atoms with E-state index in [0.29, 0.717) is 6.10 Å². The molecular formula is C13H30N4ORu4. The van der Waals surface area contributed by atoms with Crippen LogP contribution in [0.15, 0.2) is 5.11 Å². The Bertz CT molecular complexity index is 166. The molecule has 0 spiro atoms. The molecule has 0 aromatic carbocycles. The summed E-state index contributed by atoms with van der Waals surface area (Å²) in [5.41, 5.74) is 12.7. The molecular weight excluding hydrogens is 632 g/mol. The molecule has 4 radical (unpaired) electrons. The first kappa shape index (κ1) is 49.5. The van der Waals surface area contributed by atoms with Gasteiger partial charge < -0.3 is 22.8 Å². The Kier molecular flexibility index (Phi) is 97.5. The molecule has 0 unspecified atom stereocenters. The van der Waals surface area contributed by atoms with Gasteiger partial charge in [-0.25, -0.2) is 6.10 Å². The van der Waals surface area contributed by atoms with Crippen molar-refractivity contribution in [1.29, 1.82) is 0 Å². The van der Waals surface area contributed by atoms with Crippen LogP contribution in [0.2, 0.25) is 0 Å². The van der Waals surface area contributed by atoms with E-state index in [2.05, 4.69) is 30.8 Å². The second-order valence-corrected chi connectivity index (χ2v) is 4.66. The second kappa shape index (κ2) is 43.3. The number of hydrogen-bond acceptors (Lipinski definition) is 3. The number of aliphatic hydroxyl groups is 1. The van der Waals surface area contributed by atoms with E-state index in [-0.39, 0.29) is 77.9 Å². The first-order valence-corrected chi connectivity index (χ1v) is 5.64. The SMILES string of the molecule is C[C-](C)C.C[C-](C)N.C[C-](C)N=[N+]=[N-].C[C-](C)O.[Ru+].[Ru+].[Ru+].[Ru+]. The zero-order valence-electron chi connectivity index (χ0n) is 14.8. The number of hydrogen-bond donors (Lipinski definition) is 2. The van der Waals surface area contributed by atoms with Gasteiger partial charge in [0.15, 0.2) is 0 Å². The van der Waals surface area contributed by atoms with Crippen molar-refractivity contribution < 1.29 is 83.0 Å². The fourth-order valence-corrected chi connectivity index (χ4v) is 0.0894.